The van der Waals surface area contributed by atoms with E-state index < -0.39 is 0 Å². The van der Waals surface area contributed by atoms with E-state index in [0.717, 1.165) is 84.9 Å². The zero-order valence-corrected chi connectivity index (χ0v) is 20.0. The van der Waals surface area contributed by atoms with Gasteiger partial charge in [0.05, 0.1) is 10.2 Å². The first-order valence-corrected chi connectivity index (χ1v) is 12.9. The minimum absolute atomic E-state index is 0.110. The van der Waals surface area contributed by atoms with Gasteiger partial charge in [-0.15, -0.1) is 11.3 Å². The Morgan fingerprint density at radius 1 is 0.912 bits per heavy atom. The summed E-state index contributed by atoms with van der Waals surface area (Å²) in [7, 11) is 0. The molecule has 2 fully saturated rings. The van der Waals surface area contributed by atoms with E-state index in [1.807, 2.05) is 12.3 Å². The number of hydrogen-bond donors (Lipinski definition) is 0. The molecule has 174 valence electrons. The lowest BCUT2D eigenvalue weighted by Crippen LogP contribution is -2.51. The summed E-state index contributed by atoms with van der Waals surface area (Å²) in [6, 6.07) is 14.6. The summed E-state index contributed by atoms with van der Waals surface area (Å²) in [6.07, 6.45) is 5.22. The van der Waals surface area contributed by atoms with Crippen LogP contribution in [-0.4, -0.2) is 69.9 Å². The molecule has 6 rings (SSSR count). The molecular weight excluding hydrogens is 444 g/mol. The number of hydrogen-bond acceptors (Lipinski definition) is 7. The van der Waals surface area contributed by atoms with Gasteiger partial charge in [0, 0.05) is 63.3 Å². The average molecular weight is 473 g/mol. The van der Waals surface area contributed by atoms with Crippen molar-refractivity contribution in [1.29, 1.82) is 0 Å². The van der Waals surface area contributed by atoms with Crippen LogP contribution in [0.15, 0.2) is 55.0 Å². The van der Waals surface area contributed by atoms with Crippen LogP contribution >= 0.6 is 11.3 Å². The Balaban J connectivity index is 1.07. The van der Waals surface area contributed by atoms with Gasteiger partial charge in [0.25, 0.3) is 0 Å². The van der Waals surface area contributed by atoms with Gasteiger partial charge in [-0.05, 0) is 30.5 Å². The van der Waals surface area contributed by atoms with E-state index >= 15 is 0 Å². The second-order valence-electron chi connectivity index (χ2n) is 9.18. The lowest BCUT2D eigenvalue weighted by atomic mass is 9.95. The maximum Gasteiger partial charge on any atom is 0.225 e. The third kappa shape index (κ3) is 4.12. The Labute approximate surface area is 203 Å². The largest absolute Gasteiger partial charge is 0.355 e. The van der Waals surface area contributed by atoms with Gasteiger partial charge in [-0.1, -0.05) is 30.3 Å². The molecule has 8 heteroatoms. The minimum Gasteiger partial charge on any atom is -0.355 e. The van der Waals surface area contributed by atoms with Crippen molar-refractivity contribution < 1.29 is 4.79 Å². The normalized spacial score (nSPS) is 18.1. The molecule has 34 heavy (non-hydrogen) atoms. The SMILES string of the molecule is O=C(C1CCN(c2ncnc3c2sc2ncccc23)CC1)N1CCN(Cc2ccccc2)CC1. The van der Waals surface area contributed by atoms with E-state index in [1.165, 1.54) is 5.56 Å². The number of piperazine rings is 1. The van der Waals surface area contributed by atoms with Crippen LogP contribution in [0.4, 0.5) is 5.82 Å². The fourth-order valence-electron chi connectivity index (χ4n) is 5.19. The highest BCUT2D eigenvalue weighted by atomic mass is 32.1. The Morgan fingerprint density at radius 2 is 1.71 bits per heavy atom. The van der Waals surface area contributed by atoms with Crippen molar-refractivity contribution in [3.63, 3.8) is 0 Å². The van der Waals surface area contributed by atoms with Crippen molar-refractivity contribution in [3.05, 3.63) is 60.6 Å². The van der Waals surface area contributed by atoms with Gasteiger partial charge < -0.3 is 9.80 Å². The molecule has 7 nitrogen and oxygen atoms in total. The molecule has 0 atom stereocenters. The average Bonchev–Trinajstić information content (AvgIpc) is 3.28. The summed E-state index contributed by atoms with van der Waals surface area (Å²) in [5.74, 6) is 1.42. The van der Waals surface area contributed by atoms with Gasteiger partial charge in [0.15, 0.2) is 0 Å². The van der Waals surface area contributed by atoms with Crippen LogP contribution in [0.5, 0.6) is 0 Å². The van der Waals surface area contributed by atoms with Crippen LogP contribution in [0, 0.1) is 5.92 Å². The molecule has 1 aromatic carbocycles. The number of rotatable bonds is 4. The summed E-state index contributed by atoms with van der Waals surface area (Å²) >= 11 is 1.65. The number of anilines is 1. The molecule has 0 saturated carbocycles. The van der Waals surface area contributed by atoms with E-state index in [0.29, 0.717) is 5.91 Å². The van der Waals surface area contributed by atoms with Crippen LogP contribution < -0.4 is 4.90 Å². The van der Waals surface area contributed by atoms with Crippen molar-refractivity contribution in [2.45, 2.75) is 19.4 Å². The van der Waals surface area contributed by atoms with Gasteiger partial charge in [0.1, 0.15) is 17.0 Å². The van der Waals surface area contributed by atoms with E-state index in [1.54, 1.807) is 17.7 Å². The first-order valence-electron chi connectivity index (χ1n) is 12.0. The molecule has 0 spiro atoms. The number of benzene rings is 1. The number of nitrogens with zero attached hydrogens (tertiary/aromatic N) is 6. The highest BCUT2D eigenvalue weighted by molar-refractivity contribution is 7.25. The zero-order chi connectivity index (χ0) is 22.9. The molecule has 0 aliphatic carbocycles. The summed E-state index contributed by atoms with van der Waals surface area (Å²) in [6.45, 7) is 6.19. The van der Waals surface area contributed by atoms with Crippen molar-refractivity contribution >= 4 is 43.5 Å². The summed E-state index contributed by atoms with van der Waals surface area (Å²) in [5, 5.41) is 1.09. The Hall–Kier alpha value is -3.10. The summed E-state index contributed by atoms with van der Waals surface area (Å²) in [4.78, 5) is 34.7. The molecule has 5 heterocycles. The highest BCUT2D eigenvalue weighted by Gasteiger charge is 2.31. The Kier molecular flexibility index (Phi) is 5.84. The first kappa shape index (κ1) is 21.4. The number of carbonyl (C=O) groups is 1. The van der Waals surface area contributed by atoms with Gasteiger partial charge in [0.2, 0.25) is 5.91 Å². The highest BCUT2D eigenvalue weighted by Crippen LogP contribution is 2.37. The topological polar surface area (TPSA) is 65.5 Å². The van der Waals surface area contributed by atoms with Crippen molar-refractivity contribution in [1.82, 2.24) is 24.8 Å². The molecule has 0 unspecified atom stereocenters. The smallest absolute Gasteiger partial charge is 0.225 e. The number of amides is 1. The molecule has 2 saturated heterocycles. The van der Waals surface area contributed by atoms with E-state index in [2.05, 4.69) is 66.0 Å². The molecule has 3 aromatic heterocycles. The fourth-order valence-corrected chi connectivity index (χ4v) is 6.30. The van der Waals surface area contributed by atoms with Crippen LogP contribution in [-0.2, 0) is 11.3 Å². The van der Waals surface area contributed by atoms with Crippen LogP contribution in [0.2, 0.25) is 0 Å². The minimum atomic E-state index is 0.110. The maximum absolute atomic E-state index is 13.2. The molecule has 2 aliphatic rings. The number of pyridine rings is 1. The third-order valence-electron chi connectivity index (χ3n) is 7.09. The summed E-state index contributed by atoms with van der Waals surface area (Å²) < 4.78 is 1.09. The molecule has 1 amide bonds. The number of piperidine rings is 1. The fraction of sp³-hybridized carbons (Fsp3) is 0.385. The predicted molar refractivity (Wildman–Crippen MR) is 136 cm³/mol. The third-order valence-corrected chi connectivity index (χ3v) is 8.19. The van der Waals surface area contributed by atoms with Crippen molar-refractivity contribution in [2.24, 2.45) is 5.92 Å². The monoisotopic (exact) mass is 472 g/mol. The predicted octanol–water partition coefficient (Wildman–Crippen LogP) is 3.80. The van der Waals surface area contributed by atoms with Crippen molar-refractivity contribution in [2.75, 3.05) is 44.2 Å². The van der Waals surface area contributed by atoms with Gasteiger partial charge in [-0.2, -0.15) is 0 Å². The number of aromatic nitrogens is 3. The van der Waals surface area contributed by atoms with Gasteiger partial charge in [-0.25, -0.2) is 15.0 Å². The van der Waals surface area contributed by atoms with E-state index in [4.69, 9.17) is 0 Å². The second kappa shape index (κ2) is 9.27. The molecule has 4 aromatic rings. The van der Waals surface area contributed by atoms with E-state index in [-0.39, 0.29) is 5.92 Å². The molecule has 0 bridgehead atoms. The number of thiophene rings is 1. The zero-order valence-electron chi connectivity index (χ0n) is 19.1. The lowest BCUT2D eigenvalue weighted by molar-refractivity contribution is -0.138. The molecular formula is C26H28N6OS. The molecule has 0 N–H and O–H groups in total. The molecule has 2 aliphatic heterocycles. The van der Waals surface area contributed by atoms with Crippen molar-refractivity contribution in [3.8, 4) is 0 Å². The Bertz CT molecular complexity index is 1290. The first-order chi connectivity index (χ1) is 16.8. The molecule has 0 radical (unpaired) electrons. The standard InChI is InChI=1S/C26H28N6OS/c33-26(32-15-13-30(14-16-32)17-19-5-2-1-3-6-19)20-8-11-31(12-9-20)24-23-22(28-18-29-24)21-7-4-10-27-25(21)34-23/h1-7,10,18,20H,8-9,11-17H2. The van der Waals surface area contributed by atoms with Crippen LogP contribution in [0.25, 0.3) is 20.4 Å². The lowest BCUT2D eigenvalue weighted by Gasteiger charge is -2.38. The van der Waals surface area contributed by atoms with Crippen LogP contribution in [0.3, 0.4) is 0 Å². The number of carbonyl (C=O) groups excluding carboxylic acids is 1. The Morgan fingerprint density at radius 3 is 2.50 bits per heavy atom. The van der Waals surface area contributed by atoms with Crippen LogP contribution in [0.1, 0.15) is 18.4 Å². The summed E-state index contributed by atoms with van der Waals surface area (Å²) in [5.41, 5.74) is 2.31. The van der Waals surface area contributed by atoms with E-state index in [9.17, 15) is 4.79 Å². The van der Waals surface area contributed by atoms with Gasteiger partial charge >= 0.3 is 0 Å². The second-order valence-corrected chi connectivity index (χ2v) is 10.2. The maximum atomic E-state index is 13.2. The number of fused-ring (bicyclic) bond motifs is 3. The quantitative estimate of drug-likeness (QED) is 0.450. The van der Waals surface area contributed by atoms with Gasteiger partial charge in [-0.3, -0.25) is 9.69 Å².